The second-order valence-corrected chi connectivity index (χ2v) is 6.98. The van der Waals surface area contributed by atoms with Gasteiger partial charge >= 0.3 is 0 Å². The molecule has 0 saturated heterocycles. The third-order valence-electron chi connectivity index (χ3n) is 3.50. The Kier molecular flexibility index (Phi) is 5.53. The Morgan fingerprint density at radius 3 is 2.67 bits per heavy atom. The van der Waals surface area contributed by atoms with Crippen LogP contribution in [0.1, 0.15) is 54.7 Å². The topological polar surface area (TPSA) is 42.7 Å². The molecular weight excluding hydrogens is 280 g/mol. The van der Waals surface area contributed by atoms with Crippen LogP contribution in [-0.2, 0) is 25.9 Å². The number of nitrogens with zero attached hydrogens (tertiary/aromatic N) is 3. The molecule has 0 fully saturated rings. The van der Waals surface area contributed by atoms with E-state index in [0.29, 0.717) is 6.04 Å². The van der Waals surface area contributed by atoms with Gasteiger partial charge in [0.05, 0.1) is 6.54 Å². The average Bonchev–Trinajstić information content (AvgIpc) is 3.01. The molecule has 4 nitrogen and oxygen atoms in total. The van der Waals surface area contributed by atoms with Crippen LogP contribution in [0.3, 0.4) is 0 Å². The second-order valence-electron chi connectivity index (χ2n) is 5.64. The van der Waals surface area contributed by atoms with Crippen molar-refractivity contribution < 1.29 is 0 Å². The summed E-state index contributed by atoms with van der Waals surface area (Å²) in [5, 5.41) is 8.09. The summed E-state index contributed by atoms with van der Waals surface area (Å²) in [6, 6.07) is 2.83. The minimum Gasteiger partial charge on any atom is -0.310 e. The molecule has 0 aliphatic rings. The van der Waals surface area contributed by atoms with Gasteiger partial charge in [-0.25, -0.2) is 9.67 Å². The lowest BCUT2D eigenvalue weighted by Crippen LogP contribution is -2.21. The van der Waals surface area contributed by atoms with Crippen molar-refractivity contribution in [1.82, 2.24) is 20.1 Å². The minimum atomic E-state index is 0.518. The number of hydrogen-bond acceptors (Lipinski definition) is 4. The van der Waals surface area contributed by atoms with Crippen molar-refractivity contribution in [3.05, 3.63) is 33.0 Å². The lowest BCUT2D eigenvalue weighted by molar-refractivity contribution is 0.592. The van der Waals surface area contributed by atoms with Crippen LogP contribution in [-0.4, -0.2) is 20.8 Å². The Labute approximate surface area is 131 Å². The molecule has 2 aromatic rings. The van der Waals surface area contributed by atoms with Gasteiger partial charge in [-0.1, -0.05) is 27.7 Å². The molecule has 1 N–H and O–H groups in total. The van der Waals surface area contributed by atoms with Crippen LogP contribution >= 0.6 is 11.3 Å². The minimum absolute atomic E-state index is 0.518. The Balaban J connectivity index is 2.14. The van der Waals surface area contributed by atoms with Crippen molar-refractivity contribution in [2.24, 2.45) is 0 Å². The van der Waals surface area contributed by atoms with Crippen LogP contribution in [0.2, 0.25) is 0 Å². The first-order chi connectivity index (χ1) is 10.0. The van der Waals surface area contributed by atoms with Crippen LogP contribution in [0.25, 0.3) is 0 Å². The van der Waals surface area contributed by atoms with E-state index in [1.807, 2.05) is 11.3 Å². The van der Waals surface area contributed by atoms with E-state index in [1.54, 1.807) is 0 Å². The van der Waals surface area contributed by atoms with E-state index >= 15 is 0 Å². The van der Waals surface area contributed by atoms with Crippen molar-refractivity contribution >= 4 is 11.3 Å². The molecule has 2 aromatic heterocycles. The van der Waals surface area contributed by atoms with Crippen LogP contribution in [0.5, 0.6) is 0 Å². The van der Waals surface area contributed by atoms with Crippen LogP contribution in [0, 0.1) is 6.92 Å². The highest BCUT2D eigenvalue weighted by molar-refractivity contribution is 7.12. The molecule has 116 valence electrons. The van der Waals surface area contributed by atoms with Gasteiger partial charge in [0.15, 0.2) is 5.82 Å². The molecule has 0 bridgehead atoms. The van der Waals surface area contributed by atoms with Crippen LogP contribution in [0.15, 0.2) is 6.07 Å². The highest BCUT2D eigenvalue weighted by Gasteiger charge is 2.11. The molecule has 0 unspecified atom stereocenters. The zero-order chi connectivity index (χ0) is 15.4. The van der Waals surface area contributed by atoms with E-state index in [4.69, 9.17) is 0 Å². The molecule has 0 atom stereocenters. The molecular formula is C16H26N4S. The van der Waals surface area contributed by atoms with Gasteiger partial charge in [0.25, 0.3) is 0 Å². The van der Waals surface area contributed by atoms with Gasteiger partial charge < -0.3 is 5.32 Å². The van der Waals surface area contributed by atoms with Crippen LogP contribution in [0.4, 0.5) is 0 Å². The first kappa shape index (κ1) is 16.2. The van der Waals surface area contributed by atoms with Crippen molar-refractivity contribution in [2.75, 3.05) is 0 Å². The maximum atomic E-state index is 4.61. The fourth-order valence-corrected chi connectivity index (χ4v) is 3.27. The number of rotatable bonds is 7. The molecule has 2 rings (SSSR count). The van der Waals surface area contributed by atoms with Crippen molar-refractivity contribution in [1.29, 1.82) is 0 Å². The number of aromatic nitrogens is 3. The summed E-state index contributed by atoms with van der Waals surface area (Å²) in [5.74, 6) is 2.03. The molecule has 0 saturated carbocycles. The highest BCUT2D eigenvalue weighted by Crippen LogP contribution is 2.23. The predicted molar refractivity (Wildman–Crippen MR) is 88.9 cm³/mol. The lowest BCUT2D eigenvalue weighted by Gasteiger charge is -2.05. The number of thiophene rings is 1. The Morgan fingerprint density at radius 1 is 1.29 bits per heavy atom. The number of nitrogens with one attached hydrogen (secondary N) is 1. The van der Waals surface area contributed by atoms with Crippen LogP contribution < -0.4 is 5.32 Å². The van der Waals surface area contributed by atoms with E-state index < -0.39 is 0 Å². The second kappa shape index (κ2) is 7.18. The van der Waals surface area contributed by atoms with Gasteiger partial charge in [0.2, 0.25) is 0 Å². The van der Waals surface area contributed by atoms with Gasteiger partial charge in [-0.15, -0.1) is 11.3 Å². The van der Waals surface area contributed by atoms with Crippen molar-refractivity contribution in [3.63, 3.8) is 0 Å². The summed E-state index contributed by atoms with van der Waals surface area (Å²) in [6.07, 6.45) is 1.82. The van der Waals surface area contributed by atoms with Crippen molar-refractivity contribution in [3.8, 4) is 0 Å². The normalized spacial score (nSPS) is 11.5. The summed E-state index contributed by atoms with van der Waals surface area (Å²) in [5.41, 5.74) is 1.36. The molecule has 0 aliphatic carbocycles. The lowest BCUT2D eigenvalue weighted by atomic mass is 10.2. The predicted octanol–water partition coefficient (Wildman–Crippen LogP) is 3.32. The van der Waals surface area contributed by atoms with E-state index in [-0.39, 0.29) is 0 Å². The summed E-state index contributed by atoms with van der Waals surface area (Å²) < 4.78 is 2.06. The molecule has 0 spiro atoms. The fourth-order valence-electron chi connectivity index (χ4n) is 2.26. The fraction of sp³-hybridized carbons (Fsp3) is 0.625. The summed E-state index contributed by atoms with van der Waals surface area (Å²) in [4.78, 5) is 7.36. The Hall–Kier alpha value is -1.20. The molecule has 21 heavy (non-hydrogen) atoms. The third-order valence-corrected chi connectivity index (χ3v) is 4.59. The largest absolute Gasteiger partial charge is 0.310 e. The molecule has 0 aromatic carbocycles. The van der Waals surface area contributed by atoms with Gasteiger partial charge in [-0.3, -0.25) is 0 Å². The Bertz CT molecular complexity index is 583. The number of hydrogen-bond donors (Lipinski definition) is 1. The zero-order valence-corrected chi connectivity index (χ0v) is 14.5. The summed E-state index contributed by atoms with van der Waals surface area (Å²) in [7, 11) is 0. The van der Waals surface area contributed by atoms with E-state index in [1.165, 1.54) is 15.3 Å². The maximum Gasteiger partial charge on any atom is 0.150 e. The van der Waals surface area contributed by atoms with Crippen molar-refractivity contribution in [2.45, 2.75) is 66.6 Å². The van der Waals surface area contributed by atoms with E-state index in [2.05, 4.69) is 60.8 Å². The average molecular weight is 306 g/mol. The first-order valence-electron chi connectivity index (χ1n) is 7.77. The molecule has 0 radical (unpaired) electrons. The summed E-state index contributed by atoms with van der Waals surface area (Å²) in [6.45, 7) is 12.6. The molecule has 0 amide bonds. The zero-order valence-electron chi connectivity index (χ0n) is 13.7. The van der Waals surface area contributed by atoms with E-state index in [0.717, 1.165) is 37.6 Å². The molecule has 5 heteroatoms. The van der Waals surface area contributed by atoms with Gasteiger partial charge in [-0.2, -0.15) is 5.10 Å². The molecule has 2 heterocycles. The SMILES string of the molecule is CCc1nc(CC)n(Cc2cc(CNC(C)C)sc2C)n1. The molecule has 0 aliphatic heterocycles. The first-order valence-corrected chi connectivity index (χ1v) is 8.59. The monoisotopic (exact) mass is 306 g/mol. The highest BCUT2D eigenvalue weighted by atomic mass is 32.1. The van der Waals surface area contributed by atoms with Gasteiger partial charge in [0.1, 0.15) is 5.82 Å². The third kappa shape index (κ3) is 4.14. The Morgan fingerprint density at radius 2 is 2.05 bits per heavy atom. The number of aryl methyl sites for hydroxylation is 3. The quantitative estimate of drug-likeness (QED) is 0.853. The maximum absolute atomic E-state index is 4.61. The standard InChI is InChI=1S/C16H26N4S/c1-6-15-18-16(7-2)20(19-15)10-13-8-14(21-12(13)5)9-17-11(3)4/h8,11,17H,6-7,9-10H2,1-5H3. The van der Waals surface area contributed by atoms with Gasteiger partial charge in [-0.05, 0) is 18.6 Å². The summed E-state index contributed by atoms with van der Waals surface area (Å²) >= 11 is 1.88. The van der Waals surface area contributed by atoms with Gasteiger partial charge in [0, 0.05) is 35.2 Å². The smallest absolute Gasteiger partial charge is 0.150 e. The van der Waals surface area contributed by atoms with E-state index in [9.17, 15) is 0 Å².